The summed E-state index contributed by atoms with van der Waals surface area (Å²) in [4.78, 5) is 12.8. The van der Waals surface area contributed by atoms with Crippen molar-refractivity contribution in [2.75, 3.05) is 19.0 Å². The van der Waals surface area contributed by atoms with E-state index in [-0.39, 0.29) is 5.69 Å². The normalized spacial score (nSPS) is 21.6. The second-order valence-corrected chi connectivity index (χ2v) is 5.48. The monoisotopic (exact) mass is 288 g/mol. The van der Waals surface area contributed by atoms with Crippen LogP contribution in [0.4, 0.5) is 11.4 Å². The second kappa shape index (κ2) is 6.55. The first kappa shape index (κ1) is 15.3. The van der Waals surface area contributed by atoms with Gasteiger partial charge in [-0.25, -0.2) is 0 Å². The molecule has 0 atom stereocenters. The topological polar surface area (TPSA) is 82.2 Å². The summed E-state index contributed by atoms with van der Waals surface area (Å²) in [7, 11) is 3.87. The van der Waals surface area contributed by atoms with Crippen LogP contribution in [-0.2, 0) is 0 Å². The van der Waals surface area contributed by atoms with Gasteiger partial charge in [-0.3, -0.25) is 10.1 Å². The van der Waals surface area contributed by atoms with Crippen LogP contribution in [0.1, 0.15) is 31.2 Å². The molecule has 1 aromatic rings. The lowest BCUT2D eigenvalue weighted by atomic mass is 9.90. The zero-order valence-corrected chi connectivity index (χ0v) is 12.4. The van der Waals surface area contributed by atoms with Gasteiger partial charge in [0.15, 0.2) is 0 Å². The summed E-state index contributed by atoms with van der Waals surface area (Å²) in [5, 5.41) is 23.4. The summed E-state index contributed by atoms with van der Waals surface area (Å²) in [5.41, 5.74) is 0.914. The summed E-state index contributed by atoms with van der Waals surface area (Å²) in [6, 6.07) is 7.47. The quantitative estimate of drug-likeness (QED) is 0.679. The van der Waals surface area contributed by atoms with E-state index in [0.717, 1.165) is 25.7 Å². The first-order valence-electron chi connectivity index (χ1n) is 7.15. The molecule has 0 unspecified atom stereocenters. The molecule has 1 fully saturated rings. The number of nitro benzene ring substituents is 1. The van der Waals surface area contributed by atoms with E-state index in [4.69, 9.17) is 5.26 Å². The van der Waals surface area contributed by atoms with Gasteiger partial charge in [0.05, 0.1) is 16.6 Å². The SMILES string of the molecule is CNC1CCC(N(C)c2ccc(C#N)cc2[N+](=O)[O-])CC1. The van der Waals surface area contributed by atoms with E-state index in [0.29, 0.717) is 23.3 Å². The van der Waals surface area contributed by atoms with Crippen molar-refractivity contribution < 1.29 is 4.92 Å². The lowest BCUT2D eigenvalue weighted by Crippen LogP contribution is -2.40. The van der Waals surface area contributed by atoms with Gasteiger partial charge in [-0.15, -0.1) is 0 Å². The molecule has 0 aliphatic heterocycles. The van der Waals surface area contributed by atoms with Crippen molar-refractivity contribution in [3.05, 3.63) is 33.9 Å². The molecule has 0 aromatic heterocycles. The zero-order chi connectivity index (χ0) is 15.4. The summed E-state index contributed by atoms with van der Waals surface area (Å²) in [5.74, 6) is 0. The van der Waals surface area contributed by atoms with Crippen LogP contribution < -0.4 is 10.2 Å². The molecule has 0 amide bonds. The molecule has 2 rings (SSSR count). The molecular weight excluding hydrogens is 268 g/mol. The smallest absolute Gasteiger partial charge is 0.293 e. The fraction of sp³-hybridized carbons (Fsp3) is 0.533. The molecular formula is C15H20N4O2. The van der Waals surface area contributed by atoms with Crippen molar-refractivity contribution in [2.45, 2.75) is 37.8 Å². The van der Waals surface area contributed by atoms with Crippen LogP contribution in [-0.4, -0.2) is 31.1 Å². The van der Waals surface area contributed by atoms with E-state index < -0.39 is 4.92 Å². The molecule has 0 bridgehead atoms. The number of nitrogens with one attached hydrogen (secondary N) is 1. The number of anilines is 1. The molecule has 0 radical (unpaired) electrons. The fourth-order valence-electron chi connectivity index (χ4n) is 2.99. The van der Waals surface area contributed by atoms with Crippen LogP contribution in [0.3, 0.4) is 0 Å². The van der Waals surface area contributed by atoms with Crippen LogP contribution >= 0.6 is 0 Å². The van der Waals surface area contributed by atoms with Crippen LogP contribution in [0, 0.1) is 21.4 Å². The van der Waals surface area contributed by atoms with Gasteiger partial charge in [-0.2, -0.15) is 5.26 Å². The van der Waals surface area contributed by atoms with E-state index in [1.807, 2.05) is 25.1 Å². The molecule has 0 spiro atoms. The Morgan fingerprint density at radius 3 is 2.57 bits per heavy atom. The summed E-state index contributed by atoms with van der Waals surface area (Å²) >= 11 is 0. The predicted octanol–water partition coefficient (Wildman–Crippen LogP) is 2.43. The number of hydrogen-bond acceptors (Lipinski definition) is 5. The van der Waals surface area contributed by atoms with E-state index >= 15 is 0 Å². The second-order valence-electron chi connectivity index (χ2n) is 5.48. The molecule has 1 aromatic carbocycles. The maximum atomic E-state index is 11.2. The highest BCUT2D eigenvalue weighted by Crippen LogP contribution is 2.33. The first-order chi connectivity index (χ1) is 10.1. The molecule has 112 valence electrons. The molecule has 1 N–H and O–H groups in total. The Labute approximate surface area is 124 Å². The largest absolute Gasteiger partial charge is 0.366 e. The van der Waals surface area contributed by atoms with Crippen molar-refractivity contribution in [1.82, 2.24) is 5.32 Å². The van der Waals surface area contributed by atoms with E-state index in [9.17, 15) is 10.1 Å². The average molecular weight is 288 g/mol. The van der Waals surface area contributed by atoms with Crippen LogP contribution in [0.15, 0.2) is 18.2 Å². The van der Waals surface area contributed by atoms with Crippen molar-refractivity contribution in [1.29, 1.82) is 5.26 Å². The van der Waals surface area contributed by atoms with Gasteiger partial charge in [0.2, 0.25) is 0 Å². The molecule has 0 saturated heterocycles. The molecule has 6 nitrogen and oxygen atoms in total. The predicted molar refractivity (Wildman–Crippen MR) is 81.3 cm³/mol. The van der Waals surface area contributed by atoms with E-state index in [1.165, 1.54) is 6.07 Å². The zero-order valence-electron chi connectivity index (χ0n) is 12.4. The number of nitrogens with zero attached hydrogens (tertiary/aromatic N) is 3. The third-order valence-electron chi connectivity index (χ3n) is 4.33. The molecule has 1 aliphatic carbocycles. The minimum Gasteiger partial charge on any atom is -0.366 e. The molecule has 1 saturated carbocycles. The highest BCUT2D eigenvalue weighted by molar-refractivity contribution is 5.65. The molecule has 1 aliphatic rings. The number of nitro groups is 1. The molecule has 0 heterocycles. The fourth-order valence-corrected chi connectivity index (χ4v) is 2.99. The molecule has 6 heteroatoms. The van der Waals surface area contributed by atoms with Gasteiger partial charge in [0, 0.05) is 25.2 Å². The minimum atomic E-state index is -0.411. The lowest BCUT2D eigenvalue weighted by Gasteiger charge is -2.35. The number of nitriles is 1. The van der Waals surface area contributed by atoms with E-state index in [2.05, 4.69) is 5.32 Å². The molecule has 21 heavy (non-hydrogen) atoms. The van der Waals surface area contributed by atoms with Crippen molar-refractivity contribution >= 4 is 11.4 Å². The van der Waals surface area contributed by atoms with Gasteiger partial charge < -0.3 is 10.2 Å². The standard InChI is InChI=1S/C15H20N4O2/c1-17-12-4-6-13(7-5-12)18(2)14-8-3-11(10-16)9-15(14)19(20)21/h3,8-9,12-13,17H,4-7H2,1-2H3. The summed E-state index contributed by atoms with van der Waals surface area (Å²) in [6.07, 6.45) is 4.18. The Kier molecular flexibility index (Phi) is 4.76. The lowest BCUT2D eigenvalue weighted by molar-refractivity contribution is -0.384. The van der Waals surface area contributed by atoms with Gasteiger partial charge >= 0.3 is 0 Å². The van der Waals surface area contributed by atoms with E-state index in [1.54, 1.807) is 12.1 Å². The summed E-state index contributed by atoms with van der Waals surface area (Å²) in [6.45, 7) is 0. The number of benzene rings is 1. The van der Waals surface area contributed by atoms with Gasteiger partial charge in [-0.05, 0) is 44.9 Å². The average Bonchev–Trinajstić information content (AvgIpc) is 2.53. The van der Waals surface area contributed by atoms with Crippen LogP contribution in [0.25, 0.3) is 0 Å². The number of rotatable bonds is 4. The van der Waals surface area contributed by atoms with Crippen LogP contribution in [0.2, 0.25) is 0 Å². The first-order valence-corrected chi connectivity index (χ1v) is 7.15. The summed E-state index contributed by atoms with van der Waals surface area (Å²) < 4.78 is 0. The van der Waals surface area contributed by atoms with Crippen molar-refractivity contribution in [3.8, 4) is 6.07 Å². The van der Waals surface area contributed by atoms with Crippen molar-refractivity contribution in [2.24, 2.45) is 0 Å². The Morgan fingerprint density at radius 1 is 1.38 bits per heavy atom. The highest BCUT2D eigenvalue weighted by Gasteiger charge is 2.27. The minimum absolute atomic E-state index is 0.00675. The third-order valence-corrected chi connectivity index (χ3v) is 4.33. The van der Waals surface area contributed by atoms with Gasteiger partial charge in [-0.1, -0.05) is 0 Å². The Hall–Kier alpha value is -2.13. The van der Waals surface area contributed by atoms with Gasteiger partial charge in [0.1, 0.15) is 5.69 Å². The maximum Gasteiger partial charge on any atom is 0.293 e. The van der Waals surface area contributed by atoms with Gasteiger partial charge in [0.25, 0.3) is 5.69 Å². The highest BCUT2D eigenvalue weighted by atomic mass is 16.6. The Balaban J connectivity index is 2.21. The number of hydrogen-bond donors (Lipinski definition) is 1. The maximum absolute atomic E-state index is 11.2. The van der Waals surface area contributed by atoms with Crippen molar-refractivity contribution in [3.63, 3.8) is 0 Å². The Morgan fingerprint density at radius 2 is 2.05 bits per heavy atom. The third kappa shape index (κ3) is 3.31. The Bertz CT molecular complexity index is 559. The van der Waals surface area contributed by atoms with Crippen LogP contribution in [0.5, 0.6) is 0 Å².